The van der Waals surface area contributed by atoms with Crippen LogP contribution < -0.4 is 0 Å². The van der Waals surface area contributed by atoms with Crippen LogP contribution in [0.3, 0.4) is 0 Å². The Bertz CT molecular complexity index is 489. The Morgan fingerprint density at radius 3 is 2.55 bits per heavy atom. The fourth-order valence-corrected chi connectivity index (χ4v) is 7.03. The second-order valence-corrected chi connectivity index (χ2v) is 9.20. The fraction of sp³-hybridized carbons (Fsp3) is 0.947. The van der Waals surface area contributed by atoms with E-state index in [4.69, 9.17) is 0 Å². The van der Waals surface area contributed by atoms with Crippen molar-refractivity contribution in [2.75, 3.05) is 0 Å². The van der Waals surface area contributed by atoms with Gasteiger partial charge in [-0.2, -0.15) is 0 Å². The predicted molar refractivity (Wildman–Crippen MR) is 84.1 cm³/mol. The first kappa shape index (κ1) is 15.1. The van der Waals surface area contributed by atoms with Gasteiger partial charge in [-0.3, -0.25) is 4.79 Å². The average molecular weight is 306 g/mol. The summed E-state index contributed by atoms with van der Waals surface area (Å²) in [5.74, 6) is 2.10. The molecule has 3 nitrogen and oxygen atoms in total. The molecule has 3 heteroatoms. The smallest absolute Gasteiger partial charge is 0.137 e. The van der Waals surface area contributed by atoms with Crippen LogP contribution in [0.5, 0.6) is 0 Å². The monoisotopic (exact) mass is 306 g/mol. The van der Waals surface area contributed by atoms with Crippen LogP contribution in [0.15, 0.2) is 0 Å². The van der Waals surface area contributed by atoms with Crippen molar-refractivity contribution in [2.45, 2.75) is 77.4 Å². The number of Topliss-reactive ketones (excluding diaryl/α,β-unsaturated/α-hetero) is 1. The molecule has 0 aromatic rings. The number of aliphatic hydroxyl groups is 2. The first-order chi connectivity index (χ1) is 10.4. The molecule has 4 aliphatic carbocycles. The van der Waals surface area contributed by atoms with E-state index in [1.54, 1.807) is 0 Å². The van der Waals surface area contributed by atoms with E-state index in [9.17, 15) is 15.0 Å². The molecule has 124 valence electrons. The highest BCUT2D eigenvalue weighted by atomic mass is 16.3. The fourth-order valence-electron chi connectivity index (χ4n) is 7.03. The summed E-state index contributed by atoms with van der Waals surface area (Å²) in [7, 11) is 0. The maximum Gasteiger partial charge on any atom is 0.137 e. The molecule has 0 bridgehead atoms. The topological polar surface area (TPSA) is 57.5 Å². The van der Waals surface area contributed by atoms with Gasteiger partial charge in [-0.15, -0.1) is 0 Å². The van der Waals surface area contributed by atoms with Crippen LogP contribution in [0.2, 0.25) is 0 Å². The molecule has 0 aromatic carbocycles. The van der Waals surface area contributed by atoms with Gasteiger partial charge in [0.1, 0.15) is 5.78 Å². The molecule has 0 saturated heterocycles. The van der Waals surface area contributed by atoms with Gasteiger partial charge in [-0.25, -0.2) is 0 Å². The zero-order valence-electron chi connectivity index (χ0n) is 13.9. The third-order valence-electron chi connectivity index (χ3n) is 8.27. The van der Waals surface area contributed by atoms with E-state index in [2.05, 4.69) is 13.8 Å². The van der Waals surface area contributed by atoms with Crippen molar-refractivity contribution in [3.05, 3.63) is 0 Å². The minimum absolute atomic E-state index is 0.0914. The summed E-state index contributed by atoms with van der Waals surface area (Å²) in [4.78, 5) is 13.1. The van der Waals surface area contributed by atoms with Crippen LogP contribution in [0, 0.1) is 34.5 Å². The number of rotatable bonds is 0. The van der Waals surface area contributed by atoms with Gasteiger partial charge in [0, 0.05) is 17.8 Å². The Morgan fingerprint density at radius 2 is 1.77 bits per heavy atom. The lowest BCUT2D eigenvalue weighted by atomic mass is 9.45. The van der Waals surface area contributed by atoms with Crippen molar-refractivity contribution in [2.24, 2.45) is 34.5 Å². The summed E-state index contributed by atoms with van der Waals surface area (Å²) >= 11 is 0. The Balaban J connectivity index is 1.69. The van der Waals surface area contributed by atoms with Crippen LogP contribution in [0.25, 0.3) is 0 Å². The van der Waals surface area contributed by atoms with Gasteiger partial charge in [0.15, 0.2) is 0 Å². The third kappa shape index (κ3) is 1.84. The summed E-state index contributed by atoms with van der Waals surface area (Å²) in [6.45, 7) is 4.48. The SMILES string of the molecule is C[C@]12CCC(O)CC1CC[C@@H]1[C@@H]2C(=O)C[C@]2(C)C(O)CC[C@@H]12. The van der Waals surface area contributed by atoms with Gasteiger partial charge in [0.25, 0.3) is 0 Å². The number of carbonyl (C=O) groups is 1. The van der Waals surface area contributed by atoms with E-state index in [0.29, 0.717) is 30.0 Å². The van der Waals surface area contributed by atoms with Crippen molar-refractivity contribution in [1.29, 1.82) is 0 Å². The van der Waals surface area contributed by atoms with Gasteiger partial charge >= 0.3 is 0 Å². The second-order valence-electron chi connectivity index (χ2n) is 9.20. The summed E-state index contributed by atoms with van der Waals surface area (Å²) < 4.78 is 0. The second kappa shape index (κ2) is 4.80. The molecule has 0 aromatic heterocycles. The highest BCUT2D eigenvalue weighted by molar-refractivity contribution is 5.84. The predicted octanol–water partition coefficient (Wildman–Crippen LogP) is 2.93. The molecule has 22 heavy (non-hydrogen) atoms. The van der Waals surface area contributed by atoms with E-state index >= 15 is 0 Å². The largest absolute Gasteiger partial charge is 0.393 e. The number of carbonyl (C=O) groups excluding carboxylic acids is 1. The highest BCUT2D eigenvalue weighted by Crippen LogP contribution is 2.65. The molecule has 0 heterocycles. The van der Waals surface area contributed by atoms with Crippen molar-refractivity contribution < 1.29 is 15.0 Å². The quantitative estimate of drug-likeness (QED) is 0.723. The lowest BCUT2D eigenvalue weighted by Gasteiger charge is -2.59. The standard InChI is InChI=1S/C19H30O3/c1-18-8-7-12(20)9-11(18)3-4-13-14-5-6-16(22)19(14,2)10-15(21)17(13)18/h11-14,16-17,20,22H,3-10H2,1-2H3/t11?,12?,13-,14-,16?,17+,18-,19-/m0/s1. The maximum atomic E-state index is 13.1. The van der Waals surface area contributed by atoms with Crippen LogP contribution in [-0.2, 0) is 4.79 Å². The Kier molecular flexibility index (Phi) is 3.30. The zero-order chi connectivity index (χ0) is 15.7. The summed E-state index contributed by atoms with van der Waals surface area (Å²) in [5.41, 5.74) is -0.0796. The van der Waals surface area contributed by atoms with Gasteiger partial charge in [-0.1, -0.05) is 13.8 Å². The first-order valence-corrected chi connectivity index (χ1v) is 9.25. The average Bonchev–Trinajstić information content (AvgIpc) is 2.75. The van der Waals surface area contributed by atoms with Crippen molar-refractivity contribution in [3.63, 3.8) is 0 Å². The molecule has 3 unspecified atom stereocenters. The van der Waals surface area contributed by atoms with Crippen LogP contribution in [0.1, 0.15) is 65.2 Å². The zero-order valence-corrected chi connectivity index (χ0v) is 13.9. The molecule has 0 spiro atoms. The lowest BCUT2D eigenvalue weighted by molar-refractivity contribution is -0.164. The first-order valence-electron chi connectivity index (χ1n) is 9.25. The molecule has 4 saturated carbocycles. The van der Waals surface area contributed by atoms with Crippen molar-refractivity contribution in [1.82, 2.24) is 0 Å². The molecule has 8 atom stereocenters. The molecular formula is C19H30O3. The van der Waals surface area contributed by atoms with Crippen LogP contribution in [0.4, 0.5) is 0 Å². The van der Waals surface area contributed by atoms with E-state index in [1.165, 1.54) is 0 Å². The van der Waals surface area contributed by atoms with Crippen molar-refractivity contribution in [3.8, 4) is 0 Å². The number of ketones is 1. The van der Waals surface area contributed by atoms with Gasteiger partial charge in [0.2, 0.25) is 0 Å². The van der Waals surface area contributed by atoms with Crippen LogP contribution in [-0.4, -0.2) is 28.2 Å². The highest BCUT2D eigenvalue weighted by Gasteiger charge is 2.63. The number of hydrogen-bond donors (Lipinski definition) is 2. The molecule has 4 rings (SSSR count). The number of hydrogen-bond acceptors (Lipinski definition) is 3. The lowest BCUT2D eigenvalue weighted by Crippen LogP contribution is -2.58. The molecule has 0 amide bonds. The van der Waals surface area contributed by atoms with Gasteiger partial charge < -0.3 is 10.2 Å². The van der Waals surface area contributed by atoms with E-state index in [1.807, 2.05) is 0 Å². The minimum atomic E-state index is -0.291. The minimum Gasteiger partial charge on any atom is -0.393 e. The maximum absolute atomic E-state index is 13.1. The molecule has 2 N–H and O–H groups in total. The number of aliphatic hydroxyl groups excluding tert-OH is 2. The summed E-state index contributed by atoms with van der Waals surface area (Å²) in [6, 6.07) is 0. The van der Waals surface area contributed by atoms with Crippen molar-refractivity contribution >= 4 is 5.78 Å². The molecular weight excluding hydrogens is 276 g/mol. The van der Waals surface area contributed by atoms with E-state index in [0.717, 1.165) is 44.9 Å². The Morgan fingerprint density at radius 1 is 1.00 bits per heavy atom. The van der Waals surface area contributed by atoms with Crippen LogP contribution >= 0.6 is 0 Å². The molecule has 4 aliphatic rings. The van der Waals surface area contributed by atoms with E-state index in [-0.39, 0.29) is 29.0 Å². The molecule has 0 radical (unpaired) electrons. The summed E-state index contributed by atoms with van der Waals surface area (Å²) in [5, 5.41) is 20.5. The summed E-state index contributed by atoms with van der Waals surface area (Å²) in [6.07, 6.45) is 7.11. The number of fused-ring (bicyclic) bond motifs is 5. The molecule has 4 fully saturated rings. The van der Waals surface area contributed by atoms with Gasteiger partial charge in [-0.05, 0) is 68.1 Å². The Hall–Kier alpha value is -0.410. The van der Waals surface area contributed by atoms with E-state index < -0.39 is 0 Å². The third-order valence-corrected chi connectivity index (χ3v) is 8.27. The Labute approximate surface area is 133 Å². The molecule has 0 aliphatic heterocycles. The normalized spacial score (nSPS) is 57.9. The van der Waals surface area contributed by atoms with Gasteiger partial charge in [0.05, 0.1) is 12.2 Å².